The van der Waals surface area contributed by atoms with Crippen LogP contribution in [0.1, 0.15) is 24.8 Å². The van der Waals surface area contributed by atoms with Crippen LogP contribution in [0.3, 0.4) is 0 Å². The Labute approximate surface area is 139 Å². The van der Waals surface area contributed by atoms with E-state index in [9.17, 15) is 0 Å². The highest BCUT2D eigenvalue weighted by Gasteiger charge is 2.44. The van der Waals surface area contributed by atoms with Crippen LogP contribution in [0.25, 0.3) is 0 Å². The van der Waals surface area contributed by atoms with E-state index >= 15 is 0 Å². The molecule has 2 aliphatic rings. The number of guanidine groups is 1. The summed E-state index contributed by atoms with van der Waals surface area (Å²) in [6.45, 7) is 2.96. The molecule has 1 aliphatic heterocycles. The Hall–Kier alpha value is -0.300. The van der Waals surface area contributed by atoms with E-state index in [0.29, 0.717) is 5.41 Å². The van der Waals surface area contributed by atoms with Gasteiger partial charge in [-0.15, -0.1) is 24.0 Å². The molecule has 3 nitrogen and oxygen atoms in total. The van der Waals surface area contributed by atoms with Crippen LogP contribution in [-0.2, 0) is 5.41 Å². The number of rotatable bonds is 3. The Morgan fingerprint density at radius 1 is 1.37 bits per heavy atom. The smallest absolute Gasteiger partial charge is 0.191 e. The number of aliphatic imine (C=N–C) groups is 1. The first-order valence-electron chi connectivity index (χ1n) is 6.57. The second-order valence-corrected chi connectivity index (χ2v) is 6.07. The van der Waals surface area contributed by atoms with Crippen molar-refractivity contribution in [1.82, 2.24) is 10.6 Å². The molecule has 0 aromatic heterocycles. The Morgan fingerprint density at radius 3 is 2.84 bits per heavy atom. The molecule has 1 saturated carbocycles. The zero-order chi connectivity index (χ0) is 12.4. The molecule has 1 fully saturated rings. The summed E-state index contributed by atoms with van der Waals surface area (Å²) in [7, 11) is 0. The molecule has 104 valence electrons. The largest absolute Gasteiger partial charge is 0.356 e. The Balaban J connectivity index is 0.00000133. The third-order valence-corrected chi connectivity index (χ3v) is 4.28. The normalized spacial score (nSPS) is 19.7. The van der Waals surface area contributed by atoms with Crippen molar-refractivity contribution in [1.29, 1.82) is 0 Å². The lowest BCUT2D eigenvalue weighted by Gasteiger charge is -2.21. The third kappa shape index (κ3) is 3.62. The SMILES string of the molecule is Brc1cccc(C2(CNC3=NCCCN3)CC2)c1.I. The zero-order valence-corrected chi connectivity index (χ0v) is 14.7. The Bertz CT molecular complexity index is 472. The van der Waals surface area contributed by atoms with Crippen LogP contribution < -0.4 is 10.6 Å². The summed E-state index contributed by atoms with van der Waals surface area (Å²) in [5, 5.41) is 6.78. The summed E-state index contributed by atoms with van der Waals surface area (Å²) in [5.74, 6) is 0.975. The highest BCUT2D eigenvalue weighted by atomic mass is 127. The van der Waals surface area contributed by atoms with Gasteiger partial charge in [0.25, 0.3) is 0 Å². The topological polar surface area (TPSA) is 36.4 Å². The molecule has 1 aliphatic carbocycles. The average Bonchev–Trinajstić information content (AvgIpc) is 3.19. The van der Waals surface area contributed by atoms with Crippen molar-refractivity contribution < 1.29 is 0 Å². The van der Waals surface area contributed by atoms with Gasteiger partial charge < -0.3 is 10.6 Å². The lowest BCUT2D eigenvalue weighted by atomic mass is 9.96. The van der Waals surface area contributed by atoms with Gasteiger partial charge >= 0.3 is 0 Å². The maximum Gasteiger partial charge on any atom is 0.191 e. The van der Waals surface area contributed by atoms with E-state index in [1.165, 1.54) is 22.9 Å². The van der Waals surface area contributed by atoms with Gasteiger partial charge in [-0.1, -0.05) is 28.1 Å². The van der Waals surface area contributed by atoms with Crippen LogP contribution in [0.15, 0.2) is 33.7 Å². The van der Waals surface area contributed by atoms with Crippen molar-refractivity contribution in [3.8, 4) is 0 Å². The van der Waals surface area contributed by atoms with Crippen molar-refractivity contribution in [2.75, 3.05) is 19.6 Å². The van der Waals surface area contributed by atoms with Gasteiger partial charge in [0.05, 0.1) is 0 Å². The molecule has 5 heteroatoms. The first-order chi connectivity index (χ1) is 8.78. The molecule has 19 heavy (non-hydrogen) atoms. The minimum Gasteiger partial charge on any atom is -0.356 e. The van der Waals surface area contributed by atoms with Crippen molar-refractivity contribution in [2.24, 2.45) is 4.99 Å². The molecule has 0 amide bonds. The second kappa shape index (κ2) is 6.43. The van der Waals surface area contributed by atoms with E-state index in [4.69, 9.17) is 0 Å². The van der Waals surface area contributed by atoms with Crippen molar-refractivity contribution >= 4 is 45.9 Å². The van der Waals surface area contributed by atoms with Gasteiger partial charge in [-0.05, 0) is 37.0 Å². The van der Waals surface area contributed by atoms with Gasteiger partial charge in [-0.25, -0.2) is 0 Å². The van der Waals surface area contributed by atoms with Crippen molar-refractivity contribution in [3.05, 3.63) is 34.3 Å². The molecule has 0 radical (unpaired) electrons. The van der Waals surface area contributed by atoms with Crippen molar-refractivity contribution in [2.45, 2.75) is 24.7 Å². The summed E-state index contributed by atoms with van der Waals surface area (Å²) in [6.07, 6.45) is 3.68. The Morgan fingerprint density at radius 2 is 2.21 bits per heavy atom. The molecule has 1 aromatic rings. The predicted octanol–water partition coefficient (Wildman–Crippen LogP) is 3.04. The first kappa shape index (κ1) is 15.1. The fourth-order valence-corrected chi connectivity index (χ4v) is 2.84. The number of hydrogen-bond acceptors (Lipinski definition) is 3. The number of nitrogens with one attached hydrogen (secondary N) is 2. The minimum atomic E-state index is 0. The lowest BCUT2D eigenvalue weighted by molar-refractivity contribution is 0.628. The molecule has 1 aromatic carbocycles. The standard InChI is InChI=1S/C14H18BrN3.HI/c15-12-4-1-3-11(9-12)14(5-6-14)10-18-13-16-7-2-8-17-13;/h1,3-4,9H,2,5-8,10H2,(H2,16,17,18);1H. The molecule has 0 saturated heterocycles. The molecule has 1 heterocycles. The number of benzene rings is 1. The lowest BCUT2D eigenvalue weighted by Crippen LogP contribution is -2.43. The molecule has 0 bridgehead atoms. The maximum atomic E-state index is 4.46. The molecular formula is C14H19BrIN3. The van der Waals surface area contributed by atoms with E-state index < -0.39 is 0 Å². The zero-order valence-electron chi connectivity index (χ0n) is 10.8. The van der Waals surface area contributed by atoms with E-state index in [-0.39, 0.29) is 24.0 Å². The minimum absolute atomic E-state index is 0. The highest BCUT2D eigenvalue weighted by molar-refractivity contribution is 14.0. The summed E-state index contributed by atoms with van der Waals surface area (Å²) < 4.78 is 1.17. The predicted molar refractivity (Wildman–Crippen MR) is 93.4 cm³/mol. The highest BCUT2D eigenvalue weighted by Crippen LogP contribution is 2.48. The maximum absolute atomic E-state index is 4.46. The molecule has 0 spiro atoms. The average molecular weight is 436 g/mol. The van der Waals surface area contributed by atoms with E-state index in [1.54, 1.807) is 0 Å². The fourth-order valence-electron chi connectivity index (χ4n) is 2.44. The van der Waals surface area contributed by atoms with Gasteiger partial charge in [-0.3, -0.25) is 4.99 Å². The van der Waals surface area contributed by atoms with E-state index in [2.05, 4.69) is 55.8 Å². The number of hydrogen-bond donors (Lipinski definition) is 2. The third-order valence-electron chi connectivity index (χ3n) is 3.78. The monoisotopic (exact) mass is 435 g/mol. The van der Waals surface area contributed by atoms with Crippen molar-refractivity contribution in [3.63, 3.8) is 0 Å². The van der Waals surface area contributed by atoms with Gasteiger partial charge in [0.2, 0.25) is 0 Å². The number of halogens is 2. The Kier molecular flexibility index (Phi) is 5.11. The van der Waals surface area contributed by atoms with E-state index in [0.717, 1.165) is 32.0 Å². The molecule has 3 rings (SSSR count). The number of nitrogens with zero attached hydrogens (tertiary/aromatic N) is 1. The molecular weight excluding hydrogens is 417 g/mol. The summed E-state index contributed by atoms with van der Waals surface area (Å²) >= 11 is 3.55. The van der Waals surface area contributed by atoms with Crippen LogP contribution in [0.2, 0.25) is 0 Å². The summed E-state index contributed by atoms with van der Waals surface area (Å²) in [4.78, 5) is 4.46. The molecule has 0 atom stereocenters. The van der Waals surface area contributed by atoms with Gasteiger partial charge in [-0.2, -0.15) is 0 Å². The first-order valence-corrected chi connectivity index (χ1v) is 7.36. The fraction of sp³-hybridized carbons (Fsp3) is 0.500. The molecule has 0 unspecified atom stereocenters. The van der Waals surface area contributed by atoms with Gasteiger partial charge in [0.15, 0.2) is 5.96 Å². The van der Waals surface area contributed by atoms with Crippen LogP contribution in [-0.4, -0.2) is 25.6 Å². The van der Waals surface area contributed by atoms with Crippen LogP contribution in [0, 0.1) is 0 Å². The van der Waals surface area contributed by atoms with Crippen LogP contribution >= 0.6 is 39.9 Å². The summed E-state index contributed by atoms with van der Waals surface area (Å²) in [5.41, 5.74) is 1.76. The van der Waals surface area contributed by atoms with E-state index in [1.807, 2.05) is 0 Å². The van der Waals surface area contributed by atoms with Crippen LogP contribution in [0.4, 0.5) is 0 Å². The van der Waals surface area contributed by atoms with Crippen LogP contribution in [0.5, 0.6) is 0 Å². The molecule has 2 N–H and O–H groups in total. The summed E-state index contributed by atoms with van der Waals surface area (Å²) in [6, 6.07) is 8.68. The second-order valence-electron chi connectivity index (χ2n) is 5.15. The van der Waals surface area contributed by atoms with Gasteiger partial charge in [0.1, 0.15) is 0 Å². The quantitative estimate of drug-likeness (QED) is 0.716. The van der Waals surface area contributed by atoms with Gasteiger partial charge in [0, 0.05) is 29.5 Å².